The van der Waals surface area contributed by atoms with Crippen LogP contribution in [-0.4, -0.2) is 82.7 Å². The van der Waals surface area contributed by atoms with E-state index >= 15 is 8.78 Å². The third kappa shape index (κ3) is 4.11. The van der Waals surface area contributed by atoms with Crippen molar-refractivity contribution < 1.29 is 32.5 Å². The summed E-state index contributed by atoms with van der Waals surface area (Å²) in [4.78, 5) is 13.9. The highest BCUT2D eigenvalue weighted by atomic mass is 19.1. The van der Waals surface area contributed by atoms with Crippen molar-refractivity contribution in [1.29, 1.82) is 0 Å². The van der Waals surface area contributed by atoms with Gasteiger partial charge in [0.05, 0.1) is 35.7 Å². The van der Waals surface area contributed by atoms with Gasteiger partial charge in [-0.1, -0.05) is 12.1 Å². The van der Waals surface area contributed by atoms with Crippen molar-refractivity contribution in [2.45, 2.75) is 81.6 Å². The number of piperazine rings is 1. The van der Waals surface area contributed by atoms with Gasteiger partial charge in [-0.2, -0.15) is 9.97 Å². The molecule has 4 saturated heterocycles. The smallest absolute Gasteiger partial charge is 0.319 e. The highest BCUT2D eigenvalue weighted by Gasteiger charge is 2.62. The van der Waals surface area contributed by atoms with Crippen molar-refractivity contribution in [2.24, 2.45) is 5.41 Å². The lowest BCUT2D eigenvalue weighted by molar-refractivity contribution is 0.107. The molecule has 1 spiro atoms. The molecule has 5 atom stereocenters. The minimum Gasteiger partial charge on any atom is -0.508 e. The summed E-state index contributed by atoms with van der Waals surface area (Å²) in [5, 5.41) is 15.9. The van der Waals surface area contributed by atoms with Crippen molar-refractivity contribution in [1.82, 2.24) is 20.2 Å². The van der Waals surface area contributed by atoms with Crippen LogP contribution in [0.4, 0.5) is 19.0 Å². The van der Waals surface area contributed by atoms with E-state index in [9.17, 15) is 9.50 Å². The predicted molar refractivity (Wildman–Crippen MR) is 175 cm³/mol. The summed E-state index contributed by atoms with van der Waals surface area (Å²) < 4.78 is 67.7. The molecule has 11 rings (SSSR count). The monoisotopic (exact) mass is 671 g/mol. The van der Waals surface area contributed by atoms with Crippen molar-refractivity contribution in [3.8, 4) is 28.6 Å². The topological polar surface area (TPSA) is 92.2 Å². The van der Waals surface area contributed by atoms with Crippen LogP contribution in [0.1, 0.15) is 49.7 Å². The molecule has 9 nitrogen and oxygen atoms in total. The second-order valence-corrected chi connectivity index (χ2v) is 15.6. The number of ether oxygens (including phenoxy) is 3. The van der Waals surface area contributed by atoms with Gasteiger partial charge in [0.25, 0.3) is 0 Å². The van der Waals surface area contributed by atoms with Crippen LogP contribution in [0, 0.1) is 17.0 Å². The number of phenolic OH excluding ortho intramolecular Hbond substituents is 1. The van der Waals surface area contributed by atoms with Crippen LogP contribution in [0.3, 0.4) is 0 Å². The van der Waals surface area contributed by atoms with Gasteiger partial charge in [-0.05, 0) is 77.1 Å². The largest absolute Gasteiger partial charge is 0.508 e. The van der Waals surface area contributed by atoms with Gasteiger partial charge in [-0.25, -0.2) is 13.2 Å². The zero-order valence-corrected chi connectivity index (χ0v) is 26.9. The lowest BCUT2D eigenvalue weighted by atomic mass is 9.89. The SMILES string of the molecule is Oc1cc(-c2c(F)c3c4c(nc(OC[C@@]56C[C@H](F)CN5CC5(CC5)C6)nc4c2F)N2CC4CCC(N4)C2CO3)c2c3c(ccc2c1)COC3. The number of nitrogens with zero attached hydrogens (tertiary/aromatic N) is 4. The van der Waals surface area contributed by atoms with Crippen LogP contribution in [0.25, 0.3) is 32.8 Å². The van der Waals surface area contributed by atoms with Gasteiger partial charge in [0.1, 0.15) is 36.5 Å². The van der Waals surface area contributed by atoms with E-state index in [2.05, 4.69) is 20.1 Å². The van der Waals surface area contributed by atoms with Crippen LogP contribution < -0.4 is 19.7 Å². The Morgan fingerprint density at radius 2 is 1.96 bits per heavy atom. The first-order valence-corrected chi connectivity index (χ1v) is 17.5. The molecule has 0 radical (unpaired) electrons. The van der Waals surface area contributed by atoms with E-state index in [0.717, 1.165) is 49.8 Å². The Balaban J connectivity index is 1.11. The first-order valence-electron chi connectivity index (χ1n) is 17.5. The van der Waals surface area contributed by atoms with Gasteiger partial charge >= 0.3 is 6.01 Å². The number of benzene rings is 3. The number of anilines is 1. The molecule has 254 valence electrons. The van der Waals surface area contributed by atoms with E-state index in [1.807, 2.05) is 12.1 Å². The lowest BCUT2D eigenvalue weighted by Gasteiger charge is -2.40. The van der Waals surface area contributed by atoms with Crippen molar-refractivity contribution >= 4 is 27.5 Å². The quantitative estimate of drug-likeness (QED) is 0.292. The maximum absolute atomic E-state index is 17.3. The van der Waals surface area contributed by atoms with Crippen LogP contribution in [0.5, 0.6) is 17.5 Å². The summed E-state index contributed by atoms with van der Waals surface area (Å²) in [6.45, 7) is 2.93. The van der Waals surface area contributed by atoms with E-state index < -0.39 is 23.3 Å². The van der Waals surface area contributed by atoms with Crippen LogP contribution in [0.2, 0.25) is 0 Å². The predicted octanol–water partition coefficient (Wildman–Crippen LogP) is 5.51. The molecule has 1 aliphatic carbocycles. The van der Waals surface area contributed by atoms with Crippen molar-refractivity contribution in [3.05, 3.63) is 47.0 Å². The summed E-state index contributed by atoms with van der Waals surface area (Å²) in [6, 6.07) is 6.90. The Kier molecular flexibility index (Phi) is 5.83. The number of phenols is 1. The fourth-order valence-electron chi connectivity index (χ4n) is 10.2. The molecule has 3 unspecified atom stereocenters. The van der Waals surface area contributed by atoms with Gasteiger partial charge in [0.2, 0.25) is 0 Å². The molecule has 3 aromatic carbocycles. The number of nitrogens with one attached hydrogen (secondary N) is 1. The number of alkyl halides is 1. The van der Waals surface area contributed by atoms with Gasteiger partial charge in [-0.15, -0.1) is 0 Å². The third-order valence-corrected chi connectivity index (χ3v) is 12.6. The van der Waals surface area contributed by atoms with E-state index in [-0.39, 0.29) is 76.3 Å². The second kappa shape index (κ2) is 9.88. The number of fused-ring (bicyclic) bond motifs is 9. The molecular formula is C37H36F3N5O4. The third-order valence-electron chi connectivity index (χ3n) is 12.6. The van der Waals surface area contributed by atoms with E-state index in [0.29, 0.717) is 49.3 Å². The molecular weight excluding hydrogens is 635 g/mol. The first-order chi connectivity index (χ1) is 23.8. The number of aromatic nitrogens is 2. The van der Waals surface area contributed by atoms with Crippen molar-refractivity contribution in [3.63, 3.8) is 0 Å². The summed E-state index contributed by atoms with van der Waals surface area (Å²) in [6.07, 6.45) is 4.55. The molecule has 2 bridgehead atoms. The van der Waals surface area contributed by atoms with Gasteiger partial charge < -0.3 is 29.5 Å². The minimum atomic E-state index is -0.925. The molecule has 5 fully saturated rings. The number of hydrogen-bond acceptors (Lipinski definition) is 9. The molecule has 7 heterocycles. The molecule has 12 heteroatoms. The van der Waals surface area contributed by atoms with Crippen LogP contribution in [-0.2, 0) is 18.0 Å². The maximum Gasteiger partial charge on any atom is 0.319 e. The van der Waals surface area contributed by atoms with E-state index in [1.54, 1.807) is 6.07 Å². The summed E-state index contributed by atoms with van der Waals surface area (Å²) in [7, 11) is 0. The lowest BCUT2D eigenvalue weighted by Crippen LogP contribution is -2.60. The zero-order chi connectivity index (χ0) is 32.8. The van der Waals surface area contributed by atoms with E-state index in [1.165, 1.54) is 6.07 Å². The highest BCUT2D eigenvalue weighted by molar-refractivity contribution is 6.05. The zero-order valence-electron chi connectivity index (χ0n) is 26.9. The molecule has 4 aromatic rings. The Hall–Kier alpha value is -3.87. The molecule has 6 aliphatic heterocycles. The highest BCUT2D eigenvalue weighted by Crippen LogP contribution is 2.61. The average molecular weight is 672 g/mol. The van der Waals surface area contributed by atoms with Gasteiger partial charge in [0.15, 0.2) is 17.4 Å². The number of halogens is 3. The van der Waals surface area contributed by atoms with Crippen LogP contribution >= 0.6 is 0 Å². The number of aromatic hydroxyl groups is 1. The summed E-state index contributed by atoms with van der Waals surface area (Å²) in [5.74, 6) is -1.57. The fraction of sp³-hybridized carbons (Fsp3) is 0.514. The molecule has 7 aliphatic rings. The normalized spacial score (nSPS) is 30.5. The first kappa shape index (κ1) is 28.9. The molecule has 0 amide bonds. The summed E-state index contributed by atoms with van der Waals surface area (Å²) in [5.41, 5.74) is 1.33. The van der Waals surface area contributed by atoms with Crippen LogP contribution in [0.15, 0.2) is 24.3 Å². The average Bonchev–Trinajstić information content (AvgIpc) is 3.32. The Morgan fingerprint density at radius 3 is 2.84 bits per heavy atom. The van der Waals surface area contributed by atoms with Gasteiger partial charge in [-0.3, -0.25) is 4.90 Å². The Morgan fingerprint density at radius 1 is 1.06 bits per heavy atom. The Labute approximate surface area is 280 Å². The Bertz CT molecular complexity index is 2110. The molecule has 1 saturated carbocycles. The molecule has 2 N–H and O–H groups in total. The van der Waals surface area contributed by atoms with Gasteiger partial charge in [0, 0.05) is 38.1 Å². The standard InChI is InChI=1S/C37H36F3N5O4/c38-20-9-37(15-36(5-6-36)16-44(37)10-20)17-49-35-42-32-29-33(48-14-26-25-4-3-21(41-25)11-45(26)34(29)43-35)31(40)28(30(32)39)23-8-22(46)7-18-1-2-19-12-47-13-24(19)27(18)23/h1-2,7-8,20-21,25-26,41,46H,3-6,9-17H2/t20-,21?,25?,26?,37-/m0/s1. The van der Waals surface area contributed by atoms with Crippen molar-refractivity contribution in [2.75, 3.05) is 37.7 Å². The maximum atomic E-state index is 17.3. The number of hydrogen-bond donors (Lipinski definition) is 2. The number of rotatable bonds is 4. The molecule has 49 heavy (non-hydrogen) atoms. The molecule has 1 aromatic heterocycles. The summed E-state index contributed by atoms with van der Waals surface area (Å²) >= 11 is 0. The second-order valence-electron chi connectivity index (χ2n) is 15.6. The minimum absolute atomic E-state index is 0.0140. The fourth-order valence-corrected chi connectivity index (χ4v) is 10.2. The van der Waals surface area contributed by atoms with E-state index in [4.69, 9.17) is 19.2 Å².